The van der Waals surface area contributed by atoms with Crippen LogP contribution in [-0.4, -0.2) is 18.3 Å². The average molecular weight is 319 g/mol. The molecular weight excluding hydrogens is 304 g/mol. The van der Waals surface area contributed by atoms with E-state index in [4.69, 9.17) is 0 Å². The zero-order valence-electron chi connectivity index (χ0n) is 12.4. The molecule has 0 spiro atoms. The van der Waals surface area contributed by atoms with Crippen molar-refractivity contribution in [3.63, 3.8) is 0 Å². The molecule has 0 atom stereocenters. The molecule has 0 bridgehead atoms. The molecule has 1 amide bonds. The zero-order chi connectivity index (χ0) is 16.8. The lowest BCUT2D eigenvalue weighted by Gasteiger charge is -2.08. The van der Waals surface area contributed by atoms with E-state index in [0.717, 1.165) is 0 Å². The first kappa shape index (κ1) is 16.6. The second kappa shape index (κ2) is 7.49. The van der Waals surface area contributed by atoms with Gasteiger partial charge in [-0.2, -0.15) is 8.78 Å². The Morgan fingerprint density at radius 1 is 1.13 bits per heavy atom. The van der Waals surface area contributed by atoms with Crippen LogP contribution < -0.4 is 10.1 Å². The number of benzene rings is 2. The highest BCUT2D eigenvalue weighted by Crippen LogP contribution is 2.16. The second-order valence-corrected chi connectivity index (χ2v) is 4.88. The Morgan fingerprint density at radius 2 is 1.83 bits per heavy atom. The summed E-state index contributed by atoms with van der Waals surface area (Å²) in [5, 5.41) is 2.69. The van der Waals surface area contributed by atoms with E-state index in [0.29, 0.717) is 16.8 Å². The van der Waals surface area contributed by atoms with Crippen LogP contribution >= 0.6 is 0 Å². The van der Waals surface area contributed by atoms with E-state index in [2.05, 4.69) is 10.1 Å². The average Bonchev–Trinajstić information content (AvgIpc) is 2.49. The van der Waals surface area contributed by atoms with Gasteiger partial charge in [0, 0.05) is 11.3 Å². The van der Waals surface area contributed by atoms with Gasteiger partial charge in [0.1, 0.15) is 5.75 Å². The number of ketones is 1. The summed E-state index contributed by atoms with van der Waals surface area (Å²) in [5.74, 6) is -0.317. The standard InChI is InChI=1S/C17H15F2NO3/c1-11(21)13-3-2-4-14(10-13)20-16(22)9-12-5-7-15(8-6-12)23-17(18)19/h2-8,10,17H,9H2,1H3,(H,20,22). The first-order valence-electron chi connectivity index (χ1n) is 6.88. The molecule has 1 N–H and O–H groups in total. The first-order chi connectivity index (χ1) is 10.9. The molecular formula is C17H15F2NO3. The van der Waals surface area contributed by atoms with Gasteiger partial charge in [-0.1, -0.05) is 24.3 Å². The van der Waals surface area contributed by atoms with Crippen LogP contribution in [0.3, 0.4) is 0 Å². The quantitative estimate of drug-likeness (QED) is 0.827. The lowest BCUT2D eigenvalue weighted by Crippen LogP contribution is -2.14. The van der Waals surface area contributed by atoms with Crippen molar-refractivity contribution in [2.24, 2.45) is 0 Å². The second-order valence-electron chi connectivity index (χ2n) is 4.88. The van der Waals surface area contributed by atoms with Crippen molar-refractivity contribution in [2.75, 3.05) is 5.32 Å². The van der Waals surface area contributed by atoms with Crippen LogP contribution in [0.2, 0.25) is 0 Å². The molecule has 4 nitrogen and oxygen atoms in total. The van der Waals surface area contributed by atoms with Crippen molar-refractivity contribution in [3.05, 3.63) is 59.7 Å². The number of hydrogen-bond acceptors (Lipinski definition) is 3. The van der Waals surface area contributed by atoms with Crippen LogP contribution in [0.5, 0.6) is 5.75 Å². The fourth-order valence-electron chi connectivity index (χ4n) is 2.00. The fraction of sp³-hybridized carbons (Fsp3) is 0.176. The predicted molar refractivity (Wildman–Crippen MR) is 81.9 cm³/mol. The Hall–Kier alpha value is -2.76. The van der Waals surface area contributed by atoms with Crippen LogP contribution in [0.25, 0.3) is 0 Å². The fourth-order valence-corrected chi connectivity index (χ4v) is 2.00. The molecule has 0 saturated carbocycles. The molecule has 2 aromatic carbocycles. The summed E-state index contributed by atoms with van der Waals surface area (Å²) in [5.41, 5.74) is 1.70. The predicted octanol–water partition coefficient (Wildman–Crippen LogP) is 3.67. The minimum absolute atomic E-state index is 0.0401. The number of rotatable bonds is 6. The van der Waals surface area contributed by atoms with E-state index in [9.17, 15) is 18.4 Å². The van der Waals surface area contributed by atoms with E-state index in [-0.39, 0.29) is 23.9 Å². The van der Waals surface area contributed by atoms with E-state index >= 15 is 0 Å². The molecule has 6 heteroatoms. The highest BCUT2D eigenvalue weighted by molar-refractivity contribution is 5.97. The minimum atomic E-state index is -2.88. The number of ether oxygens (including phenoxy) is 1. The molecule has 0 heterocycles. The number of amides is 1. The Bertz CT molecular complexity index is 699. The Morgan fingerprint density at radius 3 is 2.43 bits per heavy atom. The normalized spacial score (nSPS) is 10.4. The summed E-state index contributed by atoms with van der Waals surface area (Å²) in [4.78, 5) is 23.3. The summed E-state index contributed by atoms with van der Waals surface area (Å²) >= 11 is 0. The van der Waals surface area contributed by atoms with Crippen molar-refractivity contribution in [2.45, 2.75) is 20.0 Å². The van der Waals surface area contributed by atoms with Crippen LogP contribution in [0, 0.1) is 0 Å². The molecule has 0 aliphatic heterocycles. The number of hydrogen-bond donors (Lipinski definition) is 1. The van der Waals surface area contributed by atoms with Gasteiger partial charge in [-0.05, 0) is 36.8 Å². The van der Waals surface area contributed by atoms with Gasteiger partial charge in [0.05, 0.1) is 6.42 Å². The Labute approximate surface area is 132 Å². The van der Waals surface area contributed by atoms with Gasteiger partial charge in [-0.25, -0.2) is 0 Å². The molecule has 0 aromatic heterocycles. The molecule has 2 rings (SSSR count). The van der Waals surface area contributed by atoms with Gasteiger partial charge in [-0.3, -0.25) is 9.59 Å². The lowest BCUT2D eigenvalue weighted by molar-refractivity contribution is -0.115. The van der Waals surface area contributed by atoms with Gasteiger partial charge in [-0.15, -0.1) is 0 Å². The third-order valence-electron chi connectivity index (χ3n) is 3.07. The summed E-state index contributed by atoms with van der Waals surface area (Å²) in [6.07, 6.45) is 0.0826. The summed E-state index contributed by atoms with van der Waals surface area (Å²) < 4.78 is 28.3. The van der Waals surface area contributed by atoms with Crippen LogP contribution in [0.4, 0.5) is 14.5 Å². The first-order valence-corrected chi connectivity index (χ1v) is 6.88. The number of carbonyl (C=O) groups excluding carboxylic acids is 2. The van der Waals surface area contributed by atoms with Gasteiger partial charge >= 0.3 is 6.61 Å². The van der Waals surface area contributed by atoms with Crippen molar-refractivity contribution >= 4 is 17.4 Å². The number of halogens is 2. The van der Waals surface area contributed by atoms with E-state index < -0.39 is 6.61 Å². The van der Waals surface area contributed by atoms with Gasteiger partial charge in [0.25, 0.3) is 0 Å². The molecule has 0 aliphatic rings. The van der Waals surface area contributed by atoms with Crippen molar-refractivity contribution in [3.8, 4) is 5.75 Å². The maximum absolute atomic E-state index is 12.1. The smallest absolute Gasteiger partial charge is 0.387 e. The van der Waals surface area contributed by atoms with Crippen LogP contribution in [0.1, 0.15) is 22.8 Å². The number of alkyl halides is 2. The minimum Gasteiger partial charge on any atom is -0.435 e. The van der Waals surface area contributed by atoms with Crippen LogP contribution in [0.15, 0.2) is 48.5 Å². The Balaban J connectivity index is 1.96. The topological polar surface area (TPSA) is 55.4 Å². The third kappa shape index (κ3) is 5.18. The van der Waals surface area contributed by atoms with Crippen LogP contribution in [-0.2, 0) is 11.2 Å². The number of Topliss-reactive ketones (excluding diaryl/α,β-unsaturated/α-hetero) is 1. The monoisotopic (exact) mass is 319 g/mol. The van der Waals surface area contributed by atoms with Crippen molar-refractivity contribution < 1.29 is 23.1 Å². The zero-order valence-corrected chi connectivity index (χ0v) is 12.4. The molecule has 0 saturated heterocycles. The van der Waals surface area contributed by atoms with E-state index in [1.54, 1.807) is 36.4 Å². The largest absolute Gasteiger partial charge is 0.435 e. The SMILES string of the molecule is CC(=O)c1cccc(NC(=O)Cc2ccc(OC(F)F)cc2)c1. The van der Waals surface area contributed by atoms with E-state index in [1.165, 1.54) is 19.1 Å². The lowest BCUT2D eigenvalue weighted by atomic mass is 10.1. The summed E-state index contributed by atoms with van der Waals surface area (Å²) in [6, 6.07) is 12.5. The molecule has 0 radical (unpaired) electrons. The van der Waals surface area contributed by atoms with Gasteiger partial charge in [0.15, 0.2) is 5.78 Å². The molecule has 0 aliphatic carbocycles. The number of carbonyl (C=O) groups is 2. The number of nitrogens with one attached hydrogen (secondary N) is 1. The van der Waals surface area contributed by atoms with Gasteiger partial charge < -0.3 is 10.1 Å². The maximum Gasteiger partial charge on any atom is 0.387 e. The summed E-state index contributed by atoms with van der Waals surface area (Å²) in [6.45, 7) is -1.43. The molecule has 120 valence electrons. The van der Waals surface area contributed by atoms with Crippen molar-refractivity contribution in [1.29, 1.82) is 0 Å². The third-order valence-corrected chi connectivity index (χ3v) is 3.07. The van der Waals surface area contributed by atoms with Gasteiger partial charge in [0.2, 0.25) is 5.91 Å². The molecule has 2 aromatic rings. The van der Waals surface area contributed by atoms with Crippen molar-refractivity contribution in [1.82, 2.24) is 0 Å². The molecule has 0 unspecified atom stereocenters. The maximum atomic E-state index is 12.1. The van der Waals surface area contributed by atoms with E-state index in [1.807, 2.05) is 0 Å². The Kier molecular flexibility index (Phi) is 5.41. The highest BCUT2D eigenvalue weighted by Gasteiger charge is 2.08. The highest BCUT2D eigenvalue weighted by atomic mass is 19.3. The molecule has 0 fully saturated rings. The molecule has 23 heavy (non-hydrogen) atoms. The summed E-state index contributed by atoms with van der Waals surface area (Å²) in [7, 11) is 0. The number of anilines is 1.